The van der Waals surface area contributed by atoms with Crippen LogP contribution in [0, 0.1) is 0 Å². The standard InChI is InChI=1S/C19H20N4OS/c1-2-23-10-9-16-17(11-23)25-19(21-16)22-18(24)14-7-3-6-13-12(14)5-4-8-15(13)20/h3-8H,2,9-11,20H2,1H3,(H,21,22,24). The number of fused-ring (bicyclic) bond motifs is 2. The van der Waals surface area contributed by atoms with Crippen molar-refractivity contribution < 1.29 is 4.79 Å². The van der Waals surface area contributed by atoms with Gasteiger partial charge in [0.1, 0.15) is 0 Å². The molecular weight excluding hydrogens is 332 g/mol. The van der Waals surface area contributed by atoms with E-state index in [2.05, 4.69) is 22.1 Å². The third-order valence-electron chi connectivity index (χ3n) is 4.68. The van der Waals surface area contributed by atoms with Crippen LogP contribution in [0.4, 0.5) is 10.8 Å². The number of thiazole rings is 1. The molecule has 2 aromatic carbocycles. The molecule has 0 bridgehead atoms. The van der Waals surface area contributed by atoms with Gasteiger partial charge in [0.15, 0.2) is 5.13 Å². The second-order valence-electron chi connectivity index (χ2n) is 6.21. The largest absolute Gasteiger partial charge is 0.398 e. The molecule has 0 fully saturated rings. The summed E-state index contributed by atoms with van der Waals surface area (Å²) in [6.07, 6.45) is 0.945. The van der Waals surface area contributed by atoms with Crippen molar-refractivity contribution in [3.63, 3.8) is 0 Å². The number of nitrogens with zero attached hydrogens (tertiary/aromatic N) is 2. The van der Waals surface area contributed by atoms with Crippen LogP contribution in [0.5, 0.6) is 0 Å². The number of hydrogen-bond acceptors (Lipinski definition) is 5. The Morgan fingerprint density at radius 3 is 2.92 bits per heavy atom. The topological polar surface area (TPSA) is 71.2 Å². The Morgan fingerprint density at radius 2 is 2.08 bits per heavy atom. The fourth-order valence-corrected chi connectivity index (χ4v) is 4.31. The van der Waals surface area contributed by atoms with Gasteiger partial charge in [0.25, 0.3) is 5.91 Å². The van der Waals surface area contributed by atoms with E-state index in [1.54, 1.807) is 11.3 Å². The van der Waals surface area contributed by atoms with E-state index < -0.39 is 0 Å². The molecule has 0 radical (unpaired) electrons. The summed E-state index contributed by atoms with van der Waals surface area (Å²) in [4.78, 5) is 21.0. The number of anilines is 2. The highest BCUT2D eigenvalue weighted by Gasteiger charge is 2.21. The van der Waals surface area contributed by atoms with Crippen LogP contribution >= 0.6 is 11.3 Å². The predicted molar refractivity (Wildman–Crippen MR) is 103 cm³/mol. The first-order chi connectivity index (χ1) is 12.2. The Kier molecular flexibility index (Phi) is 4.15. The molecule has 4 rings (SSSR count). The van der Waals surface area contributed by atoms with Crippen LogP contribution in [0.2, 0.25) is 0 Å². The van der Waals surface area contributed by atoms with Gasteiger partial charge in [0.05, 0.1) is 5.69 Å². The van der Waals surface area contributed by atoms with Crippen LogP contribution in [0.25, 0.3) is 10.8 Å². The van der Waals surface area contributed by atoms with E-state index in [0.29, 0.717) is 16.4 Å². The number of nitrogens with two attached hydrogens (primary N) is 1. The molecule has 0 atom stereocenters. The van der Waals surface area contributed by atoms with Crippen LogP contribution in [0.1, 0.15) is 27.9 Å². The highest BCUT2D eigenvalue weighted by atomic mass is 32.1. The predicted octanol–water partition coefficient (Wildman–Crippen LogP) is 3.51. The van der Waals surface area contributed by atoms with Gasteiger partial charge < -0.3 is 5.73 Å². The smallest absolute Gasteiger partial charge is 0.258 e. The fourth-order valence-electron chi connectivity index (χ4n) is 3.27. The molecule has 0 spiro atoms. The Balaban J connectivity index is 1.61. The molecule has 1 amide bonds. The van der Waals surface area contributed by atoms with Crippen molar-refractivity contribution in [1.82, 2.24) is 9.88 Å². The highest BCUT2D eigenvalue weighted by Crippen LogP contribution is 2.29. The number of carbonyl (C=O) groups is 1. The summed E-state index contributed by atoms with van der Waals surface area (Å²) in [6, 6.07) is 11.3. The minimum Gasteiger partial charge on any atom is -0.398 e. The second kappa shape index (κ2) is 6.46. The average Bonchev–Trinajstić information content (AvgIpc) is 3.02. The van der Waals surface area contributed by atoms with Gasteiger partial charge in [-0.15, -0.1) is 11.3 Å². The van der Waals surface area contributed by atoms with Crippen LogP contribution < -0.4 is 11.1 Å². The van der Waals surface area contributed by atoms with Crippen molar-refractivity contribution >= 4 is 38.8 Å². The summed E-state index contributed by atoms with van der Waals surface area (Å²) >= 11 is 1.58. The summed E-state index contributed by atoms with van der Waals surface area (Å²) < 4.78 is 0. The Hall–Kier alpha value is -2.44. The summed E-state index contributed by atoms with van der Waals surface area (Å²) in [7, 11) is 0. The summed E-state index contributed by atoms with van der Waals surface area (Å²) in [6.45, 7) is 5.16. The second-order valence-corrected chi connectivity index (χ2v) is 7.29. The molecular formula is C19H20N4OS. The monoisotopic (exact) mass is 352 g/mol. The molecule has 0 unspecified atom stereocenters. The lowest BCUT2D eigenvalue weighted by Crippen LogP contribution is -2.29. The lowest BCUT2D eigenvalue weighted by atomic mass is 10.0. The lowest BCUT2D eigenvalue weighted by Gasteiger charge is -2.23. The minimum atomic E-state index is -0.144. The molecule has 6 heteroatoms. The summed E-state index contributed by atoms with van der Waals surface area (Å²) in [5.74, 6) is -0.144. The molecule has 1 aliphatic heterocycles. The van der Waals surface area contributed by atoms with Crippen molar-refractivity contribution in [2.24, 2.45) is 0 Å². The van der Waals surface area contributed by atoms with Crippen LogP contribution in [0.15, 0.2) is 36.4 Å². The van der Waals surface area contributed by atoms with E-state index in [1.165, 1.54) is 4.88 Å². The molecule has 3 aromatic rings. The van der Waals surface area contributed by atoms with Gasteiger partial charge in [-0.1, -0.05) is 31.2 Å². The van der Waals surface area contributed by atoms with E-state index in [9.17, 15) is 4.79 Å². The Morgan fingerprint density at radius 1 is 1.28 bits per heavy atom. The average molecular weight is 352 g/mol. The number of amides is 1. The number of rotatable bonds is 3. The van der Waals surface area contributed by atoms with Gasteiger partial charge in [-0.05, 0) is 24.1 Å². The van der Waals surface area contributed by atoms with Gasteiger partial charge in [0.2, 0.25) is 0 Å². The van der Waals surface area contributed by atoms with Gasteiger partial charge >= 0.3 is 0 Å². The number of hydrogen-bond donors (Lipinski definition) is 2. The van der Waals surface area contributed by atoms with Crippen molar-refractivity contribution in [1.29, 1.82) is 0 Å². The van der Waals surface area contributed by atoms with Gasteiger partial charge in [-0.25, -0.2) is 4.98 Å². The van der Waals surface area contributed by atoms with Crippen molar-refractivity contribution in [3.8, 4) is 0 Å². The lowest BCUT2D eigenvalue weighted by molar-refractivity contribution is 0.102. The number of nitrogen functional groups attached to an aromatic ring is 1. The van der Waals surface area contributed by atoms with E-state index in [0.717, 1.165) is 42.5 Å². The maximum atomic E-state index is 12.8. The molecule has 0 aliphatic carbocycles. The third-order valence-corrected chi connectivity index (χ3v) is 5.68. The van der Waals surface area contributed by atoms with E-state index in [1.807, 2.05) is 36.4 Å². The summed E-state index contributed by atoms with van der Waals surface area (Å²) in [5.41, 5.74) is 8.44. The molecule has 0 saturated carbocycles. The zero-order valence-electron chi connectivity index (χ0n) is 14.1. The molecule has 1 aromatic heterocycles. The molecule has 3 N–H and O–H groups in total. The maximum Gasteiger partial charge on any atom is 0.258 e. The first-order valence-corrected chi connectivity index (χ1v) is 9.27. The first kappa shape index (κ1) is 16.1. The van der Waals surface area contributed by atoms with Gasteiger partial charge in [0, 0.05) is 41.0 Å². The first-order valence-electron chi connectivity index (χ1n) is 8.45. The maximum absolute atomic E-state index is 12.8. The Labute approximate surface area is 150 Å². The number of carbonyl (C=O) groups excluding carboxylic acids is 1. The van der Waals surface area contributed by atoms with Crippen LogP contribution in [-0.4, -0.2) is 28.9 Å². The van der Waals surface area contributed by atoms with Crippen LogP contribution in [0.3, 0.4) is 0 Å². The molecule has 2 heterocycles. The highest BCUT2D eigenvalue weighted by molar-refractivity contribution is 7.15. The number of likely N-dealkylation sites (N-methyl/N-ethyl adjacent to an activating group) is 1. The minimum absolute atomic E-state index is 0.144. The fraction of sp³-hybridized carbons (Fsp3) is 0.263. The van der Waals surface area contributed by atoms with Gasteiger partial charge in [-0.2, -0.15) is 0 Å². The molecule has 128 valence electrons. The number of nitrogens with one attached hydrogen (secondary N) is 1. The summed E-state index contributed by atoms with van der Waals surface area (Å²) in [5, 5.41) is 5.40. The van der Waals surface area contributed by atoms with E-state index in [4.69, 9.17) is 5.73 Å². The van der Waals surface area contributed by atoms with Gasteiger partial charge in [-0.3, -0.25) is 15.0 Å². The third kappa shape index (κ3) is 2.99. The zero-order chi connectivity index (χ0) is 17.4. The Bertz CT molecular complexity index is 950. The normalized spacial score (nSPS) is 14.4. The van der Waals surface area contributed by atoms with Crippen molar-refractivity contribution in [3.05, 3.63) is 52.5 Å². The van der Waals surface area contributed by atoms with Crippen molar-refractivity contribution in [2.75, 3.05) is 24.1 Å². The zero-order valence-corrected chi connectivity index (χ0v) is 14.9. The molecule has 0 saturated heterocycles. The molecule has 5 nitrogen and oxygen atoms in total. The van der Waals surface area contributed by atoms with Crippen molar-refractivity contribution in [2.45, 2.75) is 19.9 Å². The van der Waals surface area contributed by atoms with E-state index >= 15 is 0 Å². The number of aromatic nitrogens is 1. The quantitative estimate of drug-likeness (QED) is 0.708. The van der Waals surface area contributed by atoms with Crippen LogP contribution in [-0.2, 0) is 13.0 Å². The number of benzene rings is 2. The molecule has 25 heavy (non-hydrogen) atoms. The van der Waals surface area contributed by atoms with E-state index in [-0.39, 0.29) is 5.91 Å². The molecule has 1 aliphatic rings. The SMILES string of the molecule is CCN1CCc2nc(NC(=O)c3cccc4c(N)cccc34)sc2C1.